The van der Waals surface area contributed by atoms with E-state index in [4.69, 9.17) is 19.3 Å². The molecule has 0 spiro atoms. The fourth-order valence-corrected chi connectivity index (χ4v) is 2.41. The maximum Gasteiger partial charge on any atom is 0.338 e. The molecule has 2 rings (SSSR count). The van der Waals surface area contributed by atoms with Crippen molar-refractivity contribution in [2.24, 2.45) is 0 Å². The Labute approximate surface area is 156 Å². The first-order chi connectivity index (χ1) is 12.8. The van der Waals surface area contributed by atoms with Gasteiger partial charge in [0.25, 0.3) is 0 Å². The summed E-state index contributed by atoms with van der Waals surface area (Å²) >= 11 is 0. The second-order valence-electron chi connectivity index (χ2n) is 6.20. The summed E-state index contributed by atoms with van der Waals surface area (Å²) in [5.74, 6) is -0.495. The molecule has 1 aromatic carbocycles. The van der Waals surface area contributed by atoms with E-state index in [0.717, 1.165) is 0 Å². The van der Waals surface area contributed by atoms with Crippen LogP contribution in [0.15, 0.2) is 35.9 Å². The Morgan fingerprint density at radius 3 is 2.44 bits per heavy atom. The van der Waals surface area contributed by atoms with E-state index in [2.05, 4.69) is 0 Å². The van der Waals surface area contributed by atoms with Gasteiger partial charge in [0.05, 0.1) is 18.8 Å². The number of aromatic hydroxyl groups is 1. The predicted molar refractivity (Wildman–Crippen MR) is 91.9 cm³/mol. The summed E-state index contributed by atoms with van der Waals surface area (Å²) < 4.78 is 15.7. The molecule has 1 aromatic rings. The number of carbonyl (C=O) groups excluding carboxylic acids is 1. The highest BCUT2D eigenvalue weighted by atomic mass is 16.7. The topological polar surface area (TPSA) is 146 Å². The van der Waals surface area contributed by atoms with Crippen LogP contribution in [0.5, 0.6) is 5.75 Å². The number of aliphatic hydroxyl groups is 4. The van der Waals surface area contributed by atoms with Gasteiger partial charge in [-0.15, -0.1) is 0 Å². The number of esters is 1. The summed E-state index contributed by atoms with van der Waals surface area (Å²) in [6, 6.07) is 5.65. The molecular weight excluding hydrogens is 360 g/mol. The van der Waals surface area contributed by atoms with Gasteiger partial charge < -0.3 is 39.7 Å². The lowest BCUT2D eigenvalue weighted by Crippen LogP contribution is -2.59. The Hall–Kier alpha value is -2.01. The number of aliphatic hydroxyl groups excluding tert-OH is 4. The lowest BCUT2D eigenvalue weighted by molar-refractivity contribution is -0.298. The van der Waals surface area contributed by atoms with E-state index >= 15 is 0 Å². The zero-order valence-electron chi connectivity index (χ0n) is 14.8. The molecule has 9 heteroatoms. The van der Waals surface area contributed by atoms with Crippen LogP contribution >= 0.6 is 0 Å². The molecule has 1 fully saturated rings. The van der Waals surface area contributed by atoms with Crippen molar-refractivity contribution < 1.29 is 44.5 Å². The lowest BCUT2D eigenvalue weighted by atomic mass is 9.99. The fraction of sp³-hybridized carbons (Fsp3) is 0.500. The Morgan fingerprint density at radius 1 is 1.15 bits per heavy atom. The third kappa shape index (κ3) is 5.73. The Balaban J connectivity index is 1.79. The van der Waals surface area contributed by atoms with Crippen LogP contribution in [0.3, 0.4) is 0 Å². The molecule has 0 aliphatic carbocycles. The van der Waals surface area contributed by atoms with Crippen LogP contribution in [0, 0.1) is 0 Å². The molecule has 1 aliphatic heterocycles. The van der Waals surface area contributed by atoms with Gasteiger partial charge in [0.1, 0.15) is 36.8 Å². The Morgan fingerprint density at radius 2 is 1.81 bits per heavy atom. The van der Waals surface area contributed by atoms with E-state index in [1.807, 2.05) is 0 Å². The minimum atomic E-state index is -1.50. The van der Waals surface area contributed by atoms with Crippen LogP contribution in [0.25, 0.3) is 0 Å². The summed E-state index contributed by atoms with van der Waals surface area (Å²) in [6.45, 7) is 1.18. The Bertz CT molecular complexity index is 641. The van der Waals surface area contributed by atoms with Gasteiger partial charge in [-0.25, -0.2) is 4.79 Å². The zero-order valence-corrected chi connectivity index (χ0v) is 14.8. The van der Waals surface area contributed by atoms with Gasteiger partial charge in [0.2, 0.25) is 0 Å². The third-order valence-corrected chi connectivity index (χ3v) is 4.07. The first-order valence-electron chi connectivity index (χ1n) is 8.37. The third-order valence-electron chi connectivity index (χ3n) is 4.07. The molecule has 1 saturated heterocycles. The predicted octanol–water partition coefficient (Wildman–Crippen LogP) is -0.688. The van der Waals surface area contributed by atoms with Crippen LogP contribution in [0.1, 0.15) is 17.3 Å². The standard InChI is InChI=1S/C18H24O9/c1-10(9-26-17(24)11-2-4-12(20)5-3-11)6-7-25-18-16(23)15(22)14(21)13(8-19)27-18/h2-6,13-16,18-23H,7-9H2,1H3. The summed E-state index contributed by atoms with van der Waals surface area (Å²) in [5, 5.41) is 47.6. The molecule has 0 aromatic heterocycles. The first-order valence-corrected chi connectivity index (χ1v) is 8.37. The highest BCUT2D eigenvalue weighted by molar-refractivity contribution is 5.89. The number of carbonyl (C=O) groups is 1. The van der Waals surface area contributed by atoms with E-state index in [1.165, 1.54) is 24.3 Å². The largest absolute Gasteiger partial charge is 0.508 e. The van der Waals surface area contributed by atoms with Gasteiger partial charge in [-0.3, -0.25) is 0 Å². The van der Waals surface area contributed by atoms with Crippen LogP contribution in [-0.2, 0) is 14.2 Å². The molecule has 1 heterocycles. The van der Waals surface area contributed by atoms with Crippen LogP contribution in [-0.4, -0.2) is 82.0 Å². The van der Waals surface area contributed by atoms with Crippen molar-refractivity contribution >= 4 is 5.97 Å². The maximum atomic E-state index is 11.9. The minimum Gasteiger partial charge on any atom is -0.508 e. The van der Waals surface area contributed by atoms with Gasteiger partial charge >= 0.3 is 5.97 Å². The summed E-state index contributed by atoms with van der Waals surface area (Å²) in [4.78, 5) is 11.9. The smallest absolute Gasteiger partial charge is 0.338 e. The number of rotatable bonds is 7. The molecular formula is C18H24O9. The number of hydrogen-bond acceptors (Lipinski definition) is 9. The summed E-state index contributed by atoms with van der Waals surface area (Å²) in [6.07, 6.45) is -5.07. The SMILES string of the molecule is CC(=CCOC1OC(CO)C(O)C(O)C1O)COC(=O)c1ccc(O)cc1. The van der Waals surface area contributed by atoms with Crippen molar-refractivity contribution in [2.75, 3.05) is 19.8 Å². The summed E-state index contributed by atoms with van der Waals surface area (Å²) in [5.41, 5.74) is 0.977. The Kier molecular flexibility index (Phi) is 7.72. The highest BCUT2D eigenvalue weighted by Crippen LogP contribution is 2.22. The molecule has 150 valence electrons. The molecule has 0 amide bonds. The number of benzene rings is 1. The molecule has 5 N–H and O–H groups in total. The van der Waals surface area contributed by atoms with Gasteiger partial charge in [-0.1, -0.05) is 6.08 Å². The monoisotopic (exact) mass is 384 g/mol. The van der Waals surface area contributed by atoms with Gasteiger partial charge in [-0.2, -0.15) is 0 Å². The van der Waals surface area contributed by atoms with Crippen LogP contribution in [0.4, 0.5) is 0 Å². The normalized spacial score (nSPS) is 28.8. The van der Waals surface area contributed by atoms with E-state index in [9.17, 15) is 25.2 Å². The van der Waals surface area contributed by atoms with Crippen molar-refractivity contribution in [3.8, 4) is 5.75 Å². The van der Waals surface area contributed by atoms with E-state index in [0.29, 0.717) is 11.1 Å². The van der Waals surface area contributed by atoms with Crippen molar-refractivity contribution in [3.05, 3.63) is 41.5 Å². The number of ether oxygens (including phenoxy) is 3. The van der Waals surface area contributed by atoms with Crippen molar-refractivity contribution in [2.45, 2.75) is 37.6 Å². The zero-order chi connectivity index (χ0) is 20.0. The quantitative estimate of drug-likeness (QED) is 0.304. The first kappa shape index (κ1) is 21.3. The van der Waals surface area contributed by atoms with E-state index < -0.39 is 43.3 Å². The average Bonchev–Trinajstić information content (AvgIpc) is 2.66. The number of hydrogen-bond donors (Lipinski definition) is 5. The molecule has 0 radical (unpaired) electrons. The van der Waals surface area contributed by atoms with Gasteiger partial charge in [0, 0.05) is 0 Å². The molecule has 5 atom stereocenters. The highest BCUT2D eigenvalue weighted by Gasteiger charge is 2.43. The van der Waals surface area contributed by atoms with Crippen molar-refractivity contribution in [1.29, 1.82) is 0 Å². The second-order valence-corrected chi connectivity index (χ2v) is 6.20. The minimum absolute atomic E-state index is 0.00865. The molecule has 0 bridgehead atoms. The van der Waals surface area contributed by atoms with Crippen molar-refractivity contribution in [3.63, 3.8) is 0 Å². The summed E-state index contributed by atoms with van der Waals surface area (Å²) in [7, 11) is 0. The molecule has 5 unspecified atom stereocenters. The second kappa shape index (κ2) is 9.79. The average molecular weight is 384 g/mol. The number of phenolic OH excluding ortho intramolecular Hbond substituents is 1. The molecule has 1 aliphatic rings. The van der Waals surface area contributed by atoms with Crippen molar-refractivity contribution in [1.82, 2.24) is 0 Å². The van der Waals surface area contributed by atoms with Crippen LogP contribution < -0.4 is 0 Å². The molecule has 0 saturated carbocycles. The van der Waals surface area contributed by atoms with Crippen LogP contribution in [0.2, 0.25) is 0 Å². The fourth-order valence-electron chi connectivity index (χ4n) is 2.41. The number of phenols is 1. The van der Waals surface area contributed by atoms with Gasteiger partial charge in [-0.05, 0) is 36.8 Å². The maximum absolute atomic E-state index is 11.9. The molecule has 27 heavy (non-hydrogen) atoms. The lowest BCUT2D eigenvalue weighted by Gasteiger charge is -2.39. The van der Waals surface area contributed by atoms with Gasteiger partial charge in [0.15, 0.2) is 6.29 Å². The molecule has 9 nitrogen and oxygen atoms in total. The van der Waals surface area contributed by atoms with E-state index in [1.54, 1.807) is 13.0 Å². The van der Waals surface area contributed by atoms with E-state index in [-0.39, 0.29) is 19.0 Å².